The average Bonchev–Trinajstić information content (AvgIpc) is 3.67. The summed E-state index contributed by atoms with van der Waals surface area (Å²) in [5.74, 6) is 0. The Morgan fingerprint density at radius 3 is 0.822 bits per heavy atom. The molecule has 0 fully saturated rings. The first-order chi connectivity index (χ1) is 35.3. The van der Waals surface area contributed by atoms with Crippen molar-refractivity contribution >= 4 is 11.4 Å². The smallest absolute Gasteiger partial charge is 0.493 e. The Kier molecular flexibility index (Phi) is 47.1. The molecule has 0 radical (unpaired) electrons. The molecule has 73 heavy (non-hydrogen) atoms. The SMILES string of the molecule is CCCCCCCCC1=C(c2cc(CCCC)c(CCCC)c(CCCC)c2)[N+](=[N-])C(c2cc(CCCC)c(CCCC)c(CCCC)c2)=C1CCCC.[CH2-]CCCCCCCC.[CH2-]CCCCCCCC.[Ni+2]. The number of rotatable bonds is 42. The molecule has 2 aromatic rings. The van der Waals surface area contributed by atoms with Crippen LogP contribution in [-0.4, -0.2) is 4.70 Å². The molecule has 1 aliphatic rings. The quantitative estimate of drug-likeness (QED) is 0.0274. The second-order valence-corrected chi connectivity index (χ2v) is 22.0. The fraction of sp³-hybridized carbons (Fsp3) is 0.743. The van der Waals surface area contributed by atoms with Gasteiger partial charge in [-0.25, -0.2) is 4.70 Å². The predicted octanol–water partition coefficient (Wildman–Crippen LogP) is 24.0. The van der Waals surface area contributed by atoms with E-state index in [1.54, 1.807) is 38.1 Å². The fourth-order valence-corrected chi connectivity index (χ4v) is 10.7. The van der Waals surface area contributed by atoms with Gasteiger partial charge in [-0.15, -0.1) is 0 Å². The van der Waals surface area contributed by atoms with Gasteiger partial charge in [0, 0.05) is 22.3 Å². The third-order valence-electron chi connectivity index (χ3n) is 15.3. The van der Waals surface area contributed by atoms with Gasteiger partial charge >= 0.3 is 16.5 Å². The van der Waals surface area contributed by atoms with Crippen LogP contribution in [-0.2, 0) is 55.0 Å². The van der Waals surface area contributed by atoms with Crippen molar-refractivity contribution in [1.82, 2.24) is 0 Å². The first-order valence-electron chi connectivity index (χ1n) is 32.1. The second kappa shape index (κ2) is 48.4. The maximum Gasteiger partial charge on any atom is 2.00 e. The summed E-state index contributed by atoms with van der Waals surface area (Å²) in [4.78, 5) is 0. The van der Waals surface area contributed by atoms with Crippen molar-refractivity contribution in [3.8, 4) is 0 Å². The third-order valence-corrected chi connectivity index (χ3v) is 15.3. The summed E-state index contributed by atoms with van der Waals surface area (Å²) in [5.41, 5.74) is 29.8. The number of allylic oxidation sites excluding steroid dienone is 2. The molecule has 0 bridgehead atoms. The van der Waals surface area contributed by atoms with Crippen LogP contribution in [0.5, 0.6) is 0 Å². The van der Waals surface area contributed by atoms with E-state index in [0.29, 0.717) is 0 Å². The number of hydrogen-bond donors (Lipinski definition) is 0. The summed E-state index contributed by atoms with van der Waals surface area (Å²) in [6.07, 6.45) is 52.6. The van der Waals surface area contributed by atoms with Crippen molar-refractivity contribution in [2.24, 2.45) is 0 Å². The van der Waals surface area contributed by atoms with Crippen molar-refractivity contribution in [2.75, 3.05) is 0 Å². The first kappa shape index (κ1) is 71.0. The van der Waals surface area contributed by atoms with Gasteiger partial charge in [-0.1, -0.05) is 223 Å². The number of nitrogens with zero attached hydrogens (tertiary/aromatic N) is 2. The molecular weight excluding hydrogens is 927 g/mol. The molecule has 0 unspecified atom stereocenters. The summed E-state index contributed by atoms with van der Waals surface area (Å²) in [6, 6.07) is 10.1. The minimum Gasteiger partial charge on any atom is -0.493 e. The molecule has 0 spiro atoms. The molecule has 0 amide bonds. The van der Waals surface area contributed by atoms with E-state index in [1.807, 2.05) is 0 Å². The Bertz CT molecular complexity index is 1630. The molecule has 3 heteroatoms. The maximum absolute atomic E-state index is 12.9. The molecular formula is C70H122N2Ni. The van der Waals surface area contributed by atoms with Gasteiger partial charge < -0.3 is 19.4 Å². The molecule has 3 rings (SSSR count). The van der Waals surface area contributed by atoms with Gasteiger partial charge in [0.2, 0.25) is 11.4 Å². The van der Waals surface area contributed by atoms with Crippen molar-refractivity contribution < 1.29 is 21.2 Å². The minimum atomic E-state index is 0. The summed E-state index contributed by atoms with van der Waals surface area (Å²) < 4.78 is 1.72. The summed E-state index contributed by atoms with van der Waals surface area (Å²) in [6.45, 7) is 30.7. The van der Waals surface area contributed by atoms with E-state index in [4.69, 9.17) is 0 Å². The zero-order valence-electron chi connectivity index (χ0n) is 50.6. The maximum atomic E-state index is 12.9. The molecule has 1 heterocycles. The Morgan fingerprint density at radius 2 is 0.534 bits per heavy atom. The molecule has 0 saturated carbocycles. The zero-order chi connectivity index (χ0) is 53.0. The van der Waals surface area contributed by atoms with Gasteiger partial charge in [-0.3, -0.25) is 0 Å². The molecule has 0 saturated heterocycles. The first-order valence-corrected chi connectivity index (χ1v) is 32.1. The van der Waals surface area contributed by atoms with Gasteiger partial charge in [-0.2, -0.15) is 12.8 Å². The van der Waals surface area contributed by atoms with Crippen LogP contribution in [0.15, 0.2) is 35.4 Å². The number of unbranched alkanes of at least 4 members (excludes halogenated alkanes) is 24. The van der Waals surface area contributed by atoms with E-state index in [1.165, 1.54) is 228 Å². The number of aryl methyl sites for hydroxylation is 4. The van der Waals surface area contributed by atoms with Crippen molar-refractivity contribution in [3.05, 3.63) is 99.3 Å². The molecule has 0 atom stereocenters. The molecule has 0 N–H and O–H groups in total. The predicted molar refractivity (Wildman–Crippen MR) is 326 cm³/mol. The number of benzene rings is 2. The van der Waals surface area contributed by atoms with Gasteiger partial charge in [0.15, 0.2) is 0 Å². The number of hydrogen-bond acceptors (Lipinski definition) is 0. The fourth-order valence-electron chi connectivity index (χ4n) is 10.7. The third kappa shape index (κ3) is 28.8. The van der Waals surface area contributed by atoms with E-state index in [9.17, 15) is 5.53 Å². The van der Waals surface area contributed by atoms with Crippen LogP contribution in [0, 0.1) is 13.8 Å². The Labute approximate surface area is 468 Å². The van der Waals surface area contributed by atoms with Crippen LogP contribution in [0.25, 0.3) is 16.9 Å². The van der Waals surface area contributed by atoms with E-state index < -0.39 is 0 Å². The Morgan fingerprint density at radius 1 is 0.301 bits per heavy atom. The van der Waals surface area contributed by atoms with E-state index >= 15 is 0 Å². The van der Waals surface area contributed by atoms with Crippen LogP contribution in [0.3, 0.4) is 0 Å². The normalized spacial score (nSPS) is 12.3. The summed E-state index contributed by atoms with van der Waals surface area (Å²) in [7, 11) is 0. The van der Waals surface area contributed by atoms with Crippen LogP contribution in [0.1, 0.15) is 345 Å². The molecule has 1 aliphatic heterocycles. The topological polar surface area (TPSA) is 25.3 Å². The monoisotopic (exact) mass is 1050 g/mol. The molecule has 0 aromatic heterocycles. The summed E-state index contributed by atoms with van der Waals surface area (Å²) in [5, 5.41) is 0. The van der Waals surface area contributed by atoms with Crippen LogP contribution in [0.4, 0.5) is 0 Å². The Balaban J connectivity index is 0.00000230. The van der Waals surface area contributed by atoms with Gasteiger partial charge in [-0.05, 0) is 160 Å². The molecule has 0 aliphatic carbocycles. The molecule has 422 valence electrons. The summed E-state index contributed by atoms with van der Waals surface area (Å²) >= 11 is 0. The van der Waals surface area contributed by atoms with Gasteiger partial charge in [0.05, 0.1) is 0 Å². The van der Waals surface area contributed by atoms with Crippen LogP contribution >= 0.6 is 0 Å². The largest absolute Gasteiger partial charge is 2.00 e. The molecule has 2 aromatic carbocycles. The van der Waals surface area contributed by atoms with E-state index in [2.05, 4.69) is 107 Å². The van der Waals surface area contributed by atoms with Gasteiger partial charge in [0.25, 0.3) is 0 Å². The zero-order valence-corrected chi connectivity index (χ0v) is 51.6. The van der Waals surface area contributed by atoms with Crippen molar-refractivity contribution in [2.45, 2.75) is 339 Å². The molecule has 2 nitrogen and oxygen atoms in total. The minimum absolute atomic E-state index is 0. The van der Waals surface area contributed by atoms with Crippen LogP contribution < -0.4 is 0 Å². The standard InChI is InChI=1S/C52H84N2.2C9H19.Ni/c1-9-17-25-26-27-28-36-50-49(35-24-16-8)51(45-37-41(29-18-10-2)47(33-22-14-6)42(38-45)30-19-11-3)54(53)52(50)46-39-43(31-20-12-4)48(34-23-15-7)44(40-46)32-21-13-5;2*1-3-5-7-9-8-6-4-2;/h37-40H,9-36H2,1-8H3;2*1,3-9H2,2H3;/q;2*-1;+2. The van der Waals surface area contributed by atoms with Crippen molar-refractivity contribution in [3.63, 3.8) is 0 Å². The van der Waals surface area contributed by atoms with E-state index in [-0.39, 0.29) is 16.5 Å². The van der Waals surface area contributed by atoms with Crippen molar-refractivity contribution in [1.29, 1.82) is 0 Å². The Hall–Kier alpha value is -1.99. The van der Waals surface area contributed by atoms with E-state index in [0.717, 1.165) is 75.6 Å². The van der Waals surface area contributed by atoms with Crippen LogP contribution in [0.2, 0.25) is 0 Å². The second-order valence-electron chi connectivity index (χ2n) is 22.0. The van der Waals surface area contributed by atoms with Gasteiger partial charge in [0.1, 0.15) is 0 Å². The average molecular weight is 1050 g/mol.